The third-order valence-electron chi connectivity index (χ3n) is 3.36. The number of benzene rings is 1. The first kappa shape index (κ1) is 16.0. The molecule has 0 radical (unpaired) electrons. The molecule has 0 amide bonds. The van der Waals surface area contributed by atoms with Crippen LogP contribution in [-0.2, 0) is 6.54 Å². The van der Waals surface area contributed by atoms with Crippen molar-refractivity contribution < 1.29 is 4.39 Å². The van der Waals surface area contributed by atoms with Crippen LogP contribution in [0.5, 0.6) is 0 Å². The molecule has 3 nitrogen and oxygen atoms in total. The second kappa shape index (κ2) is 7.57. The van der Waals surface area contributed by atoms with E-state index in [0.29, 0.717) is 0 Å². The highest BCUT2D eigenvalue weighted by Crippen LogP contribution is 2.25. The van der Waals surface area contributed by atoms with Crippen LogP contribution in [0.2, 0.25) is 5.02 Å². The molecular weight excluding hydrogens is 289 g/mol. The molecule has 1 atom stereocenters. The summed E-state index contributed by atoms with van der Waals surface area (Å²) >= 11 is 5.78. The molecule has 1 unspecified atom stereocenters. The van der Waals surface area contributed by atoms with Crippen LogP contribution in [0.3, 0.4) is 0 Å². The molecule has 5 heteroatoms. The van der Waals surface area contributed by atoms with Gasteiger partial charge in [-0.25, -0.2) is 4.39 Å². The standard InChI is InChI=1S/C16H21ClFN3/c1-3-8-19-16(12-5-6-13(17)14(18)11-12)15-7-9-20-21(15)10-4-2/h5-7,9,11,16,19H,3-4,8,10H2,1-2H3. The quantitative estimate of drug-likeness (QED) is 0.831. The van der Waals surface area contributed by atoms with Gasteiger partial charge in [0.1, 0.15) is 5.82 Å². The third kappa shape index (κ3) is 3.83. The van der Waals surface area contributed by atoms with Gasteiger partial charge in [0.2, 0.25) is 0 Å². The summed E-state index contributed by atoms with van der Waals surface area (Å²) in [4.78, 5) is 0. The van der Waals surface area contributed by atoms with Gasteiger partial charge in [-0.2, -0.15) is 5.10 Å². The summed E-state index contributed by atoms with van der Waals surface area (Å²) in [7, 11) is 0. The van der Waals surface area contributed by atoms with E-state index in [-0.39, 0.29) is 16.9 Å². The molecule has 0 aliphatic carbocycles. The predicted octanol–water partition coefficient (Wildman–Crippen LogP) is 4.17. The Labute approximate surface area is 130 Å². The van der Waals surface area contributed by atoms with E-state index in [4.69, 9.17) is 11.6 Å². The Hall–Kier alpha value is -1.39. The van der Waals surface area contributed by atoms with Gasteiger partial charge in [-0.15, -0.1) is 0 Å². The van der Waals surface area contributed by atoms with Gasteiger partial charge >= 0.3 is 0 Å². The van der Waals surface area contributed by atoms with E-state index in [2.05, 4.69) is 24.3 Å². The van der Waals surface area contributed by atoms with Crippen molar-refractivity contribution in [2.75, 3.05) is 6.54 Å². The Morgan fingerprint density at radius 2 is 2.10 bits per heavy atom. The molecule has 0 fully saturated rings. The summed E-state index contributed by atoms with van der Waals surface area (Å²) in [6.45, 7) is 5.92. The minimum atomic E-state index is -0.390. The molecule has 1 aromatic heterocycles. The highest BCUT2D eigenvalue weighted by molar-refractivity contribution is 6.30. The lowest BCUT2D eigenvalue weighted by Gasteiger charge is -2.20. The number of hydrogen-bond acceptors (Lipinski definition) is 2. The summed E-state index contributed by atoms with van der Waals surface area (Å²) in [5.41, 5.74) is 1.91. The van der Waals surface area contributed by atoms with Crippen LogP contribution in [0.25, 0.3) is 0 Å². The number of nitrogens with zero attached hydrogens (tertiary/aromatic N) is 2. The first-order valence-electron chi connectivity index (χ1n) is 7.37. The van der Waals surface area contributed by atoms with E-state index in [1.54, 1.807) is 12.3 Å². The molecule has 2 aromatic rings. The molecule has 114 valence electrons. The van der Waals surface area contributed by atoms with E-state index < -0.39 is 0 Å². The van der Waals surface area contributed by atoms with Crippen molar-refractivity contribution in [2.45, 2.75) is 39.3 Å². The van der Waals surface area contributed by atoms with Crippen molar-refractivity contribution in [3.8, 4) is 0 Å². The maximum atomic E-state index is 13.8. The maximum absolute atomic E-state index is 13.8. The second-order valence-electron chi connectivity index (χ2n) is 5.04. The second-order valence-corrected chi connectivity index (χ2v) is 5.45. The normalized spacial score (nSPS) is 12.6. The molecule has 0 saturated heterocycles. The van der Waals surface area contributed by atoms with Crippen molar-refractivity contribution in [2.24, 2.45) is 0 Å². The van der Waals surface area contributed by atoms with Crippen molar-refractivity contribution in [1.29, 1.82) is 0 Å². The summed E-state index contributed by atoms with van der Waals surface area (Å²) < 4.78 is 15.7. The average molecular weight is 310 g/mol. The Bertz CT molecular complexity index is 583. The Balaban J connectivity index is 2.37. The lowest BCUT2D eigenvalue weighted by atomic mass is 10.0. The van der Waals surface area contributed by atoms with Crippen molar-refractivity contribution in [3.05, 3.63) is 52.6 Å². The number of rotatable bonds is 7. The molecule has 1 heterocycles. The van der Waals surface area contributed by atoms with E-state index in [0.717, 1.165) is 37.2 Å². The average Bonchev–Trinajstić information content (AvgIpc) is 2.92. The lowest BCUT2D eigenvalue weighted by molar-refractivity contribution is 0.509. The van der Waals surface area contributed by atoms with E-state index in [1.807, 2.05) is 16.8 Å². The predicted molar refractivity (Wildman–Crippen MR) is 84.1 cm³/mol. The molecule has 0 aliphatic heterocycles. The molecule has 1 N–H and O–H groups in total. The number of halogens is 2. The van der Waals surface area contributed by atoms with E-state index >= 15 is 0 Å². The fraction of sp³-hybridized carbons (Fsp3) is 0.438. The van der Waals surface area contributed by atoms with Gasteiger partial charge in [0.05, 0.1) is 16.8 Å². The fourth-order valence-electron chi connectivity index (χ4n) is 2.36. The Morgan fingerprint density at radius 3 is 2.76 bits per heavy atom. The van der Waals surface area contributed by atoms with Gasteiger partial charge in [-0.1, -0.05) is 31.5 Å². The maximum Gasteiger partial charge on any atom is 0.142 e. The Morgan fingerprint density at radius 1 is 1.29 bits per heavy atom. The minimum absolute atomic E-state index is 0.0780. The number of nitrogens with one attached hydrogen (secondary N) is 1. The van der Waals surface area contributed by atoms with Gasteiger partial charge in [0.15, 0.2) is 0 Å². The zero-order chi connectivity index (χ0) is 15.2. The number of aryl methyl sites for hydroxylation is 1. The van der Waals surface area contributed by atoms with Crippen molar-refractivity contribution in [3.63, 3.8) is 0 Å². The monoisotopic (exact) mass is 309 g/mol. The van der Waals surface area contributed by atoms with Crippen LogP contribution in [-0.4, -0.2) is 16.3 Å². The van der Waals surface area contributed by atoms with E-state index in [9.17, 15) is 4.39 Å². The number of hydrogen-bond donors (Lipinski definition) is 1. The Kier molecular flexibility index (Phi) is 5.76. The molecular formula is C16H21ClFN3. The van der Waals surface area contributed by atoms with Gasteiger partial charge in [-0.05, 0) is 43.1 Å². The first-order chi connectivity index (χ1) is 10.2. The van der Waals surface area contributed by atoms with E-state index in [1.165, 1.54) is 6.07 Å². The third-order valence-corrected chi connectivity index (χ3v) is 3.66. The van der Waals surface area contributed by atoms with Gasteiger partial charge < -0.3 is 5.32 Å². The summed E-state index contributed by atoms with van der Waals surface area (Å²) in [5.74, 6) is -0.390. The van der Waals surface area contributed by atoms with Crippen LogP contribution in [0.1, 0.15) is 44.0 Å². The van der Waals surface area contributed by atoms with Crippen molar-refractivity contribution >= 4 is 11.6 Å². The SMILES string of the molecule is CCCNC(c1ccc(Cl)c(F)c1)c1ccnn1CCC. The molecule has 0 spiro atoms. The first-order valence-corrected chi connectivity index (χ1v) is 7.75. The fourth-order valence-corrected chi connectivity index (χ4v) is 2.48. The van der Waals surface area contributed by atoms with Gasteiger partial charge in [0, 0.05) is 12.7 Å². The van der Waals surface area contributed by atoms with Crippen LogP contribution in [0.15, 0.2) is 30.5 Å². The molecule has 1 aromatic carbocycles. The molecule has 21 heavy (non-hydrogen) atoms. The topological polar surface area (TPSA) is 29.9 Å². The zero-order valence-corrected chi connectivity index (χ0v) is 13.2. The molecule has 0 bridgehead atoms. The van der Waals surface area contributed by atoms with Crippen LogP contribution in [0.4, 0.5) is 4.39 Å². The molecule has 2 rings (SSSR count). The minimum Gasteiger partial charge on any atom is -0.305 e. The highest BCUT2D eigenvalue weighted by atomic mass is 35.5. The number of aromatic nitrogens is 2. The summed E-state index contributed by atoms with van der Waals surface area (Å²) in [6.07, 6.45) is 3.80. The van der Waals surface area contributed by atoms with Crippen LogP contribution in [0, 0.1) is 5.82 Å². The summed E-state index contributed by atoms with van der Waals surface area (Å²) in [5, 5.41) is 7.97. The summed E-state index contributed by atoms with van der Waals surface area (Å²) in [6, 6.07) is 6.87. The smallest absolute Gasteiger partial charge is 0.142 e. The molecule has 0 saturated carbocycles. The van der Waals surface area contributed by atoms with Crippen molar-refractivity contribution in [1.82, 2.24) is 15.1 Å². The van der Waals surface area contributed by atoms with Gasteiger partial charge in [0.25, 0.3) is 0 Å². The van der Waals surface area contributed by atoms with Crippen LogP contribution >= 0.6 is 11.6 Å². The van der Waals surface area contributed by atoms with Crippen LogP contribution < -0.4 is 5.32 Å². The highest BCUT2D eigenvalue weighted by Gasteiger charge is 2.18. The molecule has 0 aliphatic rings. The van der Waals surface area contributed by atoms with Gasteiger partial charge in [-0.3, -0.25) is 4.68 Å². The zero-order valence-electron chi connectivity index (χ0n) is 12.4. The lowest BCUT2D eigenvalue weighted by Crippen LogP contribution is -2.26. The largest absolute Gasteiger partial charge is 0.305 e.